The summed E-state index contributed by atoms with van der Waals surface area (Å²) < 4.78 is 2.03. The molecule has 16 heavy (non-hydrogen) atoms. The predicted octanol–water partition coefficient (Wildman–Crippen LogP) is 1.54. The van der Waals surface area contributed by atoms with Gasteiger partial charge < -0.3 is 10.4 Å². The van der Waals surface area contributed by atoms with E-state index >= 15 is 0 Å². The zero-order chi connectivity index (χ0) is 12.0. The van der Waals surface area contributed by atoms with Gasteiger partial charge in [0.25, 0.3) is 0 Å². The van der Waals surface area contributed by atoms with E-state index in [-0.39, 0.29) is 12.1 Å². The van der Waals surface area contributed by atoms with E-state index in [2.05, 4.69) is 31.2 Å². The average molecular weight is 225 g/mol. The highest BCUT2D eigenvalue weighted by molar-refractivity contribution is 5.01. The fraction of sp³-hybridized carbons (Fsp3) is 0.750. The van der Waals surface area contributed by atoms with Gasteiger partial charge in [-0.15, -0.1) is 0 Å². The standard InChI is InChI=1S/C12H23N3O/c1-4-8-15-11(5-7-14-15)10-13-12(2,3)6-9-16/h5,7,13,16H,4,6,8-10H2,1-3H3. The molecule has 0 radical (unpaired) electrons. The van der Waals surface area contributed by atoms with Crippen molar-refractivity contribution in [2.75, 3.05) is 6.61 Å². The van der Waals surface area contributed by atoms with Crippen LogP contribution in [0.5, 0.6) is 0 Å². The zero-order valence-corrected chi connectivity index (χ0v) is 10.5. The van der Waals surface area contributed by atoms with E-state index in [1.165, 1.54) is 5.69 Å². The van der Waals surface area contributed by atoms with Gasteiger partial charge in [0.2, 0.25) is 0 Å². The first-order valence-corrected chi connectivity index (χ1v) is 5.95. The highest BCUT2D eigenvalue weighted by Crippen LogP contribution is 2.09. The number of aliphatic hydroxyl groups is 1. The van der Waals surface area contributed by atoms with Crippen molar-refractivity contribution in [2.24, 2.45) is 0 Å². The number of aromatic nitrogens is 2. The van der Waals surface area contributed by atoms with Crippen LogP contribution in [-0.2, 0) is 13.1 Å². The Balaban J connectivity index is 2.50. The minimum atomic E-state index is -0.0317. The number of hydrogen-bond acceptors (Lipinski definition) is 3. The van der Waals surface area contributed by atoms with Crippen LogP contribution in [0.1, 0.15) is 39.3 Å². The second-order valence-corrected chi connectivity index (χ2v) is 4.76. The quantitative estimate of drug-likeness (QED) is 0.740. The molecular formula is C12H23N3O. The molecule has 4 nitrogen and oxygen atoms in total. The van der Waals surface area contributed by atoms with Crippen LogP contribution < -0.4 is 5.32 Å². The Morgan fingerprint density at radius 1 is 1.50 bits per heavy atom. The Kier molecular flexibility index (Phi) is 4.96. The van der Waals surface area contributed by atoms with Gasteiger partial charge in [-0.25, -0.2) is 0 Å². The van der Waals surface area contributed by atoms with Crippen LogP contribution >= 0.6 is 0 Å². The molecular weight excluding hydrogens is 202 g/mol. The van der Waals surface area contributed by atoms with Crippen molar-refractivity contribution < 1.29 is 5.11 Å². The molecule has 92 valence electrons. The molecule has 2 N–H and O–H groups in total. The van der Waals surface area contributed by atoms with Crippen molar-refractivity contribution in [1.29, 1.82) is 0 Å². The Bertz CT molecular complexity index is 307. The summed E-state index contributed by atoms with van der Waals surface area (Å²) >= 11 is 0. The highest BCUT2D eigenvalue weighted by Gasteiger charge is 2.16. The maximum Gasteiger partial charge on any atom is 0.0522 e. The highest BCUT2D eigenvalue weighted by atomic mass is 16.3. The fourth-order valence-corrected chi connectivity index (χ4v) is 1.62. The summed E-state index contributed by atoms with van der Waals surface area (Å²) in [7, 11) is 0. The number of aliphatic hydroxyl groups excluding tert-OH is 1. The first-order chi connectivity index (χ1) is 7.59. The van der Waals surface area contributed by atoms with Gasteiger partial charge in [0.15, 0.2) is 0 Å². The minimum Gasteiger partial charge on any atom is -0.396 e. The summed E-state index contributed by atoms with van der Waals surface area (Å²) in [5, 5.41) is 16.7. The molecule has 0 aromatic carbocycles. The molecule has 1 aromatic rings. The van der Waals surface area contributed by atoms with E-state index in [0.717, 1.165) is 25.9 Å². The van der Waals surface area contributed by atoms with Gasteiger partial charge in [-0.2, -0.15) is 5.10 Å². The lowest BCUT2D eigenvalue weighted by atomic mass is 10.0. The molecule has 1 aromatic heterocycles. The average Bonchev–Trinajstić information content (AvgIpc) is 2.63. The molecule has 0 saturated carbocycles. The summed E-state index contributed by atoms with van der Waals surface area (Å²) in [5.74, 6) is 0. The van der Waals surface area contributed by atoms with Crippen LogP contribution in [0.3, 0.4) is 0 Å². The third-order valence-corrected chi connectivity index (χ3v) is 2.72. The summed E-state index contributed by atoms with van der Waals surface area (Å²) in [4.78, 5) is 0. The number of aryl methyl sites for hydroxylation is 1. The second-order valence-electron chi connectivity index (χ2n) is 4.76. The Hall–Kier alpha value is -0.870. The topological polar surface area (TPSA) is 50.1 Å². The molecule has 0 aliphatic carbocycles. The van der Waals surface area contributed by atoms with Crippen molar-refractivity contribution in [3.05, 3.63) is 18.0 Å². The van der Waals surface area contributed by atoms with Crippen molar-refractivity contribution in [3.8, 4) is 0 Å². The normalized spacial score (nSPS) is 12.0. The molecule has 0 bridgehead atoms. The summed E-state index contributed by atoms with van der Waals surface area (Å²) in [6.45, 7) is 8.33. The van der Waals surface area contributed by atoms with Crippen LogP contribution in [0, 0.1) is 0 Å². The monoisotopic (exact) mass is 225 g/mol. The Morgan fingerprint density at radius 2 is 2.25 bits per heavy atom. The van der Waals surface area contributed by atoms with E-state index in [0.29, 0.717) is 0 Å². The van der Waals surface area contributed by atoms with Gasteiger partial charge >= 0.3 is 0 Å². The van der Waals surface area contributed by atoms with Crippen LogP contribution in [0.25, 0.3) is 0 Å². The lowest BCUT2D eigenvalue weighted by Crippen LogP contribution is -2.39. The number of nitrogens with one attached hydrogen (secondary N) is 1. The third-order valence-electron chi connectivity index (χ3n) is 2.72. The maximum atomic E-state index is 8.94. The second kappa shape index (κ2) is 6.01. The number of hydrogen-bond donors (Lipinski definition) is 2. The molecule has 1 heterocycles. The van der Waals surface area contributed by atoms with Crippen molar-refractivity contribution in [3.63, 3.8) is 0 Å². The molecule has 4 heteroatoms. The van der Waals surface area contributed by atoms with E-state index in [4.69, 9.17) is 5.11 Å². The predicted molar refractivity (Wildman–Crippen MR) is 65.1 cm³/mol. The van der Waals surface area contributed by atoms with Crippen LogP contribution in [0.4, 0.5) is 0 Å². The molecule has 0 spiro atoms. The van der Waals surface area contributed by atoms with Gasteiger partial charge in [0.05, 0.1) is 5.69 Å². The molecule has 0 aliphatic rings. The summed E-state index contributed by atoms with van der Waals surface area (Å²) in [6, 6.07) is 2.04. The number of rotatable bonds is 7. The van der Waals surface area contributed by atoms with Crippen molar-refractivity contribution in [1.82, 2.24) is 15.1 Å². The number of nitrogens with zero attached hydrogens (tertiary/aromatic N) is 2. The van der Waals surface area contributed by atoms with Gasteiger partial charge in [-0.1, -0.05) is 6.92 Å². The zero-order valence-electron chi connectivity index (χ0n) is 10.5. The molecule has 0 atom stereocenters. The van der Waals surface area contributed by atoms with E-state index < -0.39 is 0 Å². The van der Waals surface area contributed by atoms with Gasteiger partial charge in [-0.05, 0) is 32.8 Å². The molecule has 0 unspecified atom stereocenters. The van der Waals surface area contributed by atoms with Gasteiger partial charge in [-0.3, -0.25) is 4.68 Å². The SMILES string of the molecule is CCCn1nccc1CNC(C)(C)CCO. The largest absolute Gasteiger partial charge is 0.396 e. The first-order valence-electron chi connectivity index (χ1n) is 5.95. The Labute approximate surface area is 97.7 Å². The van der Waals surface area contributed by atoms with Crippen LogP contribution in [0.2, 0.25) is 0 Å². The maximum absolute atomic E-state index is 8.94. The lowest BCUT2D eigenvalue weighted by molar-refractivity contribution is 0.229. The molecule has 0 amide bonds. The van der Waals surface area contributed by atoms with Gasteiger partial charge in [0, 0.05) is 31.4 Å². The lowest BCUT2D eigenvalue weighted by Gasteiger charge is -2.25. The molecule has 0 saturated heterocycles. The Morgan fingerprint density at radius 3 is 2.88 bits per heavy atom. The van der Waals surface area contributed by atoms with Gasteiger partial charge in [0.1, 0.15) is 0 Å². The van der Waals surface area contributed by atoms with E-state index in [1.54, 1.807) is 0 Å². The fourth-order valence-electron chi connectivity index (χ4n) is 1.62. The van der Waals surface area contributed by atoms with Crippen molar-refractivity contribution in [2.45, 2.75) is 52.2 Å². The van der Waals surface area contributed by atoms with Crippen LogP contribution in [0.15, 0.2) is 12.3 Å². The third kappa shape index (κ3) is 3.94. The van der Waals surface area contributed by atoms with Crippen molar-refractivity contribution >= 4 is 0 Å². The van der Waals surface area contributed by atoms with E-state index in [9.17, 15) is 0 Å². The molecule has 0 fully saturated rings. The smallest absolute Gasteiger partial charge is 0.0522 e. The first kappa shape index (κ1) is 13.2. The van der Waals surface area contributed by atoms with Crippen LogP contribution in [-0.4, -0.2) is 27.0 Å². The summed E-state index contributed by atoms with van der Waals surface area (Å²) in [6.07, 6.45) is 3.69. The minimum absolute atomic E-state index is 0.0317. The summed E-state index contributed by atoms with van der Waals surface area (Å²) in [5.41, 5.74) is 1.17. The molecule has 1 rings (SSSR count). The van der Waals surface area contributed by atoms with E-state index in [1.807, 2.05) is 16.9 Å². The molecule has 0 aliphatic heterocycles.